The average Bonchev–Trinajstić information content (AvgIpc) is 3.14. The van der Waals surface area contributed by atoms with E-state index in [-0.39, 0.29) is 0 Å². The van der Waals surface area contributed by atoms with E-state index in [9.17, 15) is 0 Å². The van der Waals surface area contributed by atoms with Gasteiger partial charge >= 0.3 is 0 Å². The van der Waals surface area contributed by atoms with Crippen molar-refractivity contribution in [1.82, 2.24) is 15.1 Å². The van der Waals surface area contributed by atoms with Gasteiger partial charge < -0.3 is 10.2 Å². The smallest absolute Gasteiger partial charge is 0.0221 e. The number of piperazine rings is 1. The second kappa shape index (κ2) is 6.72. The summed E-state index contributed by atoms with van der Waals surface area (Å²) in [6, 6.07) is 0.757. The zero-order chi connectivity index (χ0) is 12.1. The molecule has 1 unspecified atom stereocenters. The molecule has 0 amide bonds. The molecule has 100 valence electrons. The molecule has 1 aliphatic carbocycles. The van der Waals surface area contributed by atoms with Crippen molar-refractivity contribution in [3.63, 3.8) is 0 Å². The van der Waals surface area contributed by atoms with Gasteiger partial charge in [0.2, 0.25) is 0 Å². The monoisotopic (exact) mass is 239 g/mol. The van der Waals surface area contributed by atoms with E-state index in [2.05, 4.69) is 29.1 Å². The lowest BCUT2D eigenvalue weighted by molar-refractivity contribution is 0.0892. The maximum atomic E-state index is 3.35. The molecule has 0 bridgehead atoms. The third-order valence-electron chi connectivity index (χ3n) is 4.20. The van der Waals surface area contributed by atoms with E-state index in [4.69, 9.17) is 0 Å². The Morgan fingerprint density at radius 3 is 2.41 bits per heavy atom. The van der Waals surface area contributed by atoms with Crippen molar-refractivity contribution in [1.29, 1.82) is 0 Å². The Hall–Kier alpha value is -0.120. The predicted molar refractivity (Wildman–Crippen MR) is 73.4 cm³/mol. The molecule has 17 heavy (non-hydrogen) atoms. The first kappa shape index (κ1) is 13.3. The van der Waals surface area contributed by atoms with Crippen LogP contribution in [0.25, 0.3) is 0 Å². The highest BCUT2D eigenvalue weighted by molar-refractivity contribution is 4.83. The summed E-state index contributed by atoms with van der Waals surface area (Å²) in [7, 11) is 2.08. The molecule has 3 heteroatoms. The lowest BCUT2D eigenvalue weighted by Crippen LogP contribution is -2.52. The lowest BCUT2D eigenvalue weighted by Gasteiger charge is -2.39. The van der Waals surface area contributed by atoms with E-state index in [1.165, 1.54) is 58.4 Å². The van der Waals surface area contributed by atoms with Crippen LogP contribution in [-0.2, 0) is 0 Å². The molecular weight excluding hydrogens is 210 g/mol. The van der Waals surface area contributed by atoms with Crippen molar-refractivity contribution >= 4 is 0 Å². The standard InChI is InChI=1S/C14H29N3/c1-3-4-14(11-15-2)17-9-7-16(8-10-17)12-13-5-6-13/h13-15H,3-12H2,1-2H3. The molecule has 1 saturated heterocycles. The van der Waals surface area contributed by atoms with Gasteiger partial charge in [0.1, 0.15) is 0 Å². The molecule has 0 aromatic carbocycles. The predicted octanol–water partition coefficient (Wildman–Crippen LogP) is 1.40. The fraction of sp³-hybridized carbons (Fsp3) is 1.00. The Bertz CT molecular complexity index is 202. The van der Waals surface area contributed by atoms with E-state index in [1.807, 2.05) is 0 Å². The number of rotatable bonds is 7. The Morgan fingerprint density at radius 1 is 1.18 bits per heavy atom. The minimum absolute atomic E-state index is 0.757. The Labute approximate surface area is 107 Å². The summed E-state index contributed by atoms with van der Waals surface area (Å²) in [4.78, 5) is 5.37. The molecule has 1 N–H and O–H groups in total. The van der Waals surface area contributed by atoms with Crippen molar-refractivity contribution in [3.05, 3.63) is 0 Å². The van der Waals surface area contributed by atoms with Crippen molar-refractivity contribution < 1.29 is 0 Å². The average molecular weight is 239 g/mol. The van der Waals surface area contributed by atoms with E-state index in [0.717, 1.165) is 18.5 Å². The van der Waals surface area contributed by atoms with Gasteiger partial charge in [-0.15, -0.1) is 0 Å². The molecule has 1 saturated carbocycles. The second-order valence-electron chi connectivity index (χ2n) is 5.78. The zero-order valence-electron chi connectivity index (χ0n) is 11.6. The van der Waals surface area contributed by atoms with Crippen molar-refractivity contribution in [2.45, 2.75) is 38.6 Å². The second-order valence-corrected chi connectivity index (χ2v) is 5.78. The highest BCUT2D eigenvalue weighted by Crippen LogP contribution is 2.30. The third-order valence-corrected chi connectivity index (χ3v) is 4.20. The lowest BCUT2D eigenvalue weighted by atomic mass is 10.1. The first-order chi connectivity index (χ1) is 8.33. The minimum atomic E-state index is 0.757. The molecule has 1 heterocycles. The maximum Gasteiger partial charge on any atom is 0.0221 e. The minimum Gasteiger partial charge on any atom is -0.318 e. The van der Waals surface area contributed by atoms with Crippen LogP contribution in [0.1, 0.15) is 32.6 Å². The Balaban J connectivity index is 1.71. The Kier molecular flexibility index (Phi) is 5.26. The van der Waals surface area contributed by atoms with Crippen LogP contribution in [0.15, 0.2) is 0 Å². The zero-order valence-corrected chi connectivity index (χ0v) is 11.6. The van der Waals surface area contributed by atoms with Crippen LogP contribution in [0.2, 0.25) is 0 Å². The van der Waals surface area contributed by atoms with Crippen LogP contribution >= 0.6 is 0 Å². The molecule has 2 rings (SSSR count). The number of likely N-dealkylation sites (N-methyl/N-ethyl adjacent to an activating group) is 1. The van der Waals surface area contributed by atoms with Crippen LogP contribution in [0.3, 0.4) is 0 Å². The maximum absolute atomic E-state index is 3.35. The summed E-state index contributed by atoms with van der Waals surface area (Å²) < 4.78 is 0. The fourth-order valence-corrected chi connectivity index (χ4v) is 2.96. The van der Waals surface area contributed by atoms with E-state index in [0.29, 0.717) is 0 Å². The summed E-state index contributed by atoms with van der Waals surface area (Å²) in [6.07, 6.45) is 5.61. The quantitative estimate of drug-likeness (QED) is 0.724. The Morgan fingerprint density at radius 2 is 1.88 bits per heavy atom. The van der Waals surface area contributed by atoms with Crippen LogP contribution in [0.4, 0.5) is 0 Å². The number of nitrogens with zero attached hydrogens (tertiary/aromatic N) is 2. The molecule has 1 aliphatic heterocycles. The highest BCUT2D eigenvalue weighted by atomic mass is 15.3. The van der Waals surface area contributed by atoms with Crippen LogP contribution < -0.4 is 5.32 Å². The van der Waals surface area contributed by atoms with Gasteiger partial charge in [-0.2, -0.15) is 0 Å². The van der Waals surface area contributed by atoms with Gasteiger partial charge in [-0.05, 0) is 32.2 Å². The summed E-state index contributed by atoms with van der Waals surface area (Å²) in [5.41, 5.74) is 0. The van der Waals surface area contributed by atoms with Crippen LogP contribution in [0, 0.1) is 5.92 Å². The molecule has 0 aromatic heterocycles. The first-order valence-electron chi connectivity index (χ1n) is 7.44. The van der Waals surface area contributed by atoms with Gasteiger partial charge in [0.15, 0.2) is 0 Å². The molecule has 0 aromatic rings. The largest absolute Gasteiger partial charge is 0.318 e. The van der Waals surface area contributed by atoms with E-state index < -0.39 is 0 Å². The fourth-order valence-electron chi connectivity index (χ4n) is 2.96. The molecular formula is C14H29N3. The van der Waals surface area contributed by atoms with Gasteiger partial charge in [-0.3, -0.25) is 4.90 Å². The van der Waals surface area contributed by atoms with Gasteiger partial charge in [0, 0.05) is 45.3 Å². The number of nitrogens with one attached hydrogen (secondary N) is 1. The summed E-state index contributed by atoms with van der Waals surface area (Å²) in [5, 5.41) is 3.35. The van der Waals surface area contributed by atoms with Gasteiger partial charge in [-0.1, -0.05) is 13.3 Å². The number of hydrogen-bond donors (Lipinski definition) is 1. The summed E-state index contributed by atoms with van der Waals surface area (Å²) in [6.45, 7) is 9.96. The normalized spacial score (nSPS) is 25.1. The van der Waals surface area contributed by atoms with Crippen molar-refractivity contribution in [3.8, 4) is 0 Å². The SMILES string of the molecule is CCCC(CNC)N1CCN(CC2CC2)CC1. The molecule has 2 aliphatic rings. The molecule has 0 radical (unpaired) electrons. The topological polar surface area (TPSA) is 18.5 Å². The molecule has 2 fully saturated rings. The highest BCUT2D eigenvalue weighted by Gasteiger charge is 2.28. The van der Waals surface area contributed by atoms with Gasteiger partial charge in [-0.25, -0.2) is 0 Å². The molecule has 0 spiro atoms. The molecule has 3 nitrogen and oxygen atoms in total. The van der Waals surface area contributed by atoms with Crippen molar-refractivity contribution in [2.24, 2.45) is 5.92 Å². The summed E-state index contributed by atoms with van der Waals surface area (Å²) in [5.74, 6) is 1.05. The van der Waals surface area contributed by atoms with Crippen molar-refractivity contribution in [2.75, 3.05) is 46.3 Å². The van der Waals surface area contributed by atoms with E-state index in [1.54, 1.807) is 0 Å². The first-order valence-corrected chi connectivity index (χ1v) is 7.44. The van der Waals surface area contributed by atoms with Gasteiger partial charge in [0.25, 0.3) is 0 Å². The third kappa shape index (κ3) is 4.23. The van der Waals surface area contributed by atoms with E-state index >= 15 is 0 Å². The molecule has 1 atom stereocenters. The van der Waals surface area contributed by atoms with Crippen LogP contribution in [0.5, 0.6) is 0 Å². The van der Waals surface area contributed by atoms with Crippen LogP contribution in [-0.4, -0.2) is 62.2 Å². The van der Waals surface area contributed by atoms with Gasteiger partial charge in [0.05, 0.1) is 0 Å². The summed E-state index contributed by atoms with van der Waals surface area (Å²) >= 11 is 0. The number of hydrogen-bond acceptors (Lipinski definition) is 3.